The van der Waals surface area contributed by atoms with Crippen LogP contribution in [0.15, 0.2) is 75.0 Å². The van der Waals surface area contributed by atoms with Crippen molar-refractivity contribution in [3.05, 3.63) is 102 Å². The summed E-state index contributed by atoms with van der Waals surface area (Å²) in [7, 11) is 0. The zero-order valence-corrected chi connectivity index (χ0v) is 21.0. The van der Waals surface area contributed by atoms with E-state index in [1.165, 1.54) is 4.68 Å². The summed E-state index contributed by atoms with van der Waals surface area (Å²) in [6, 6.07) is 18.3. The van der Waals surface area contributed by atoms with E-state index >= 15 is 0 Å². The van der Waals surface area contributed by atoms with Crippen molar-refractivity contribution in [3.63, 3.8) is 0 Å². The molecule has 0 atom stereocenters. The summed E-state index contributed by atoms with van der Waals surface area (Å²) in [5, 5.41) is 5.97. The van der Waals surface area contributed by atoms with Crippen LogP contribution in [0.4, 0.5) is 0 Å². The molecule has 1 heterocycles. The molecule has 0 aliphatic rings. The normalized spacial score (nSPS) is 11.6. The number of aromatic nitrogens is 2. The number of rotatable bonds is 6. The smallest absolute Gasteiger partial charge is 0.282 e. The molecule has 0 radical (unpaired) electrons. The van der Waals surface area contributed by atoms with E-state index in [0.29, 0.717) is 39.1 Å². The van der Waals surface area contributed by atoms with Crippen LogP contribution in [0.5, 0.6) is 5.75 Å². The summed E-state index contributed by atoms with van der Waals surface area (Å²) < 4.78 is 8.16. The average molecular weight is 545 g/mol. The zero-order chi connectivity index (χ0) is 23.5. The molecule has 0 spiro atoms. The summed E-state index contributed by atoms with van der Waals surface area (Å²) in [6.07, 6.45) is 1.61. The second-order valence-corrected chi connectivity index (χ2v) is 9.45. The topological polar surface area (TPSA) is 56.5 Å². The van der Waals surface area contributed by atoms with E-state index in [1.54, 1.807) is 24.4 Å². The fourth-order valence-electron chi connectivity index (χ4n) is 3.28. The van der Waals surface area contributed by atoms with E-state index in [4.69, 9.17) is 27.9 Å². The van der Waals surface area contributed by atoms with Crippen molar-refractivity contribution < 1.29 is 4.74 Å². The molecule has 0 aliphatic heterocycles. The summed E-state index contributed by atoms with van der Waals surface area (Å²) in [5.41, 5.74) is 2.03. The highest BCUT2D eigenvalue weighted by molar-refractivity contribution is 9.10. The van der Waals surface area contributed by atoms with Gasteiger partial charge in [0.15, 0.2) is 0 Å². The Morgan fingerprint density at radius 1 is 1.09 bits per heavy atom. The highest BCUT2D eigenvalue weighted by Gasteiger charge is 2.14. The SMILES string of the molecule is CC(C)c1nc2ccc(Br)cc2c(=O)n1N=Cc1ccccc1OCc1ccc(Cl)c(Cl)c1. The third-order valence-corrected chi connectivity index (χ3v) is 6.19. The Morgan fingerprint density at radius 2 is 1.88 bits per heavy atom. The molecule has 0 saturated carbocycles. The van der Waals surface area contributed by atoms with E-state index in [9.17, 15) is 4.79 Å². The van der Waals surface area contributed by atoms with E-state index in [0.717, 1.165) is 15.6 Å². The van der Waals surface area contributed by atoms with Gasteiger partial charge in [-0.15, -0.1) is 0 Å². The number of para-hydroxylation sites is 1. The summed E-state index contributed by atoms with van der Waals surface area (Å²) in [5.74, 6) is 1.22. The highest BCUT2D eigenvalue weighted by Crippen LogP contribution is 2.24. The van der Waals surface area contributed by atoms with Crippen LogP contribution in [0.1, 0.15) is 36.7 Å². The molecule has 0 saturated heterocycles. The van der Waals surface area contributed by atoms with Gasteiger partial charge in [0.1, 0.15) is 18.2 Å². The summed E-state index contributed by atoms with van der Waals surface area (Å²) in [6.45, 7) is 4.27. The fraction of sp³-hybridized carbons (Fsp3) is 0.160. The van der Waals surface area contributed by atoms with Gasteiger partial charge in [0.25, 0.3) is 5.56 Å². The molecule has 5 nitrogen and oxygen atoms in total. The summed E-state index contributed by atoms with van der Waals surface area (Å²) in [4.78, 5) is 17.9. The van der Waals surface area contributed by atoms with Gasteiger partial charge in [-0.1, -0.05) is 71.2 Å². The van der Waals surface area contributed by atoms with E-state index in [2.05, 4.69) is 26.0 Å². The molecular formula is C25H20BrCl2N3O2. The van der Waals surface area contributed by atoms with Gasteiger partial charge >= 0.3 is 0 Å². The van der Waals surface area contributed by atoms with Crippen molar-refractivity contribution in [1.29, 1.82) is 0 Å². The van der Waals surface area contributed by atoms with Crippen LogP contribution in [0.2, 0.25) is 10.0 Å². The lowest BCUT2D eigenvalue weighted by Gasteiger charge is -2.13. The third-order valence-electron chi connectivity index (χ3n) is 4.96. The molecule has 0 N–H and O–H groups in total. The number of benzene rings is 3. The molecule has 0 amide bonds. The molecule has 4 rings (SSSR count). The molecular weight excluding hydrogens is 525 g/mol. The van der Waals surface area contributed by atoms with Gasteiger partial charge in [0, 0.05) is 16.0 Å². The Labute approximate surface area is 209 Å². The van der Waals surface area contributed by atoms with Crippen LogP contribution in [-0.2, 0) is 6.61 Å². The minimum Gasteiger partial charge on any atom is -0.488 e. The predicted octanol–water partition coefficient (Wildman–Crippen LogP) is 7.05. The molecule has 4 aromatic rings. The third kappa shape index (κ3) is 5.29. The van der Waals surface area contributed by atoms with Crippen molar-refractivity contribution in [3.8, 4) is 5.75 Å². The maximum Gasteiger partial charge on any atom is 0.282 e. The van der Waals surface area contributed by atoms with E-state index in [-0.39, 0.29) is 11.5 Å². The Morgan fingerprint density at radius 3 is 2.64 bits per heavy atom. The fourth-order valence-corrected chi connectivity index (χ4v) is 3.96. The van der Waals surface area contributed by atoms with Crippen LogP contribution >= 0.6 is 39.1 Å². The van der Waals surface area contributed by atoms with Gasteiger partial charge in [0.2, 0.25) is 0 Å². The first-order valence-corrected chi connectivity index (χ1v) is 11.8. The maximum absolute atomic E-state index is 13.2. The number of hydrogen-bond donors (Lipinski definition) is 0. The largest absolute Gasteiger partial charge is 0.488 e. The van der Waals surface area contributed by atoms with Crippen LogP contribution in [0, 0.1) is 0 Å². The highest BCUT2D eigenvalue weighted by atomic mass is 79.9. The van der Waals surface area contributed by atoms with Gasteiger partial charge in [-0.3, -0.25) is 4.79 Å². The standard InChI is InChI=1S/C25H20BrCl2N3O2/c1-15(2)24-30-22-10-8-18(26)12-19(22)25(32)31(24)29-13-17-5-3-4-6-23(17)33-14-16-7-9-20(27)21(28)11-16/h3-13,15H,14H2,1-2H3. The van der Waals surface area contributed by atoms with Crippen LogP contribution in [-0.4, -0.2) is 15.9 Å². The number of ether oxygens (including phenoxy) is 1. The number of nitrogens with zero attached hydrogens (tertiary/aromatic N) is 3. The number of halogens is 3. The predicted molar refractivity (Wildman–Crippen MR) is 138 cm³/mol. The molecule has 0 unspecified atom stereocenters. The van der Waals surface area contributed by atoms with Crippen molar-refractivity contribution >= 4 is 56.2 Å². The Bertz CT molecular complexity index is 1420. The first-order chi connectivity index (χ1) is 15.8. The quantitative estimate of drug-likeness (QED) is 0.244. The van der Waals surface area contributed by atoms with Crippen molar-refractivity contribution in [2.75, 3.05) is 0 Å². The van der Waals surface area contributed by atoms with Crippen molar-refractivity contribution in [2.24, 2.45) is 5.10 Å². The Balaban J connectivity index is 1.68. The average Bonchev–Trinajstić information content (AvgIpc) is 2.80. The zero-order valence-electron chi connectivity index (χ0n) is 17.9. The molecule has 0 bridgehead atoms. The van der Waals surface area contributed by atoms with Gasteiger partial charge in [-0.05, 0) is 48.0 Å². The molecule has 0 fully saturated rings. The van der Waals surface area contributed by atoms with Crippen LogP contribution in [0.3, 0.4) is 0 Å². The lowest BCUT2D eigenvalue weighted by Crippen LogP contribution is -2.23. The van der Waals surface area contributed by atoms with Crippen molar-refractivity contribution in [1.82, 2.24) is 9.66 Å². The lowest BCUT2D eigenvalue weighted by atomic mass is 10.2. The minimum absolute atomic E-state index is 0.00374. The van der Waals surface area contributed by atoms with Gasteiger partial charge in [0.05, 0.1) is 27.2 Å². The first-order valence-electron chi connectivity index (χ1n) is 10.3. The van der Waals surface area contributed by atoms with E-state index < -0.39 is 0 Å². The van der Waals surface area contributed by atoms with Crippen molar-refractivity contribution in [2.45, 2.75) is 26.4 Å². The lowest BCUT2D eigenvalue weighted by molar-refractivity contribution is 0.306. The monoisotopic (exact) mass is 543 g/mol. The van der Waals surface area contributed by atoms with Gasteiger partial charge < -0.3 is 4.74 Å². The molecule has 33 heavy (non-hydrogen) atoms. The number of fused-ring (bicyclic) bond motifs is 1. The van der Waals surface area contributed by atoms with Gasteiger partial charge in [-0.2, -0.15) is 9.78 Å². The molecule has 8 heteroatoms. The molecule has 3 aromatic carbocycles. The number of hydrogen-bond acceptors (Lipinski definition) is 4. The maximum atomic E-state index is 13.2. The summed E-state index contributed by atoms with van der Waals surface area (Å²) >= 11 is 15.5. The minimum atomic E-state index is -0.226. The second-order valence-electron chi connectivity index (χ2n) is 7.72. The Hall–Kier alpha value is -2.67. The van der Waals surface area contributed by atoms with E-state index in [1.807, 2.05) is 56.3 Å². The molecule has 1 aromatic heterocycles. The molecule has 0 aliphatic carbocycles. The van der Waals surface area contributed by atoms with Crippen LogP contribution in [0.25, 0.3) is 10.9 Å². The molecule has 168 valence electrons. The second kappa shape index (κ2) is 10.1. The van der Waals surface area contributed by atoms with Crippen LogP contribution < -0.4 is 10.3 Å². The van der Waals surface area contributed by atoms with Gasteiger partial charge in [-0.25, -0.2) is 4.98 Å². The Kier molecular flexibility index (Phi) is 7.17. The first kappa shape index (κ1) is 23.5.